The number of aromatic amines is 1. The molecule has 0 unspecified atom stereocenters. The summed E-state index contributed by atoms with van der Waals surface area (Å²) in [6, 6.07) is 10.8. The Balaban J connectivity index is 1.91. The number of aromatic nitrogens is 4. The van der Waals surface area contributed by atoms with Crippen LogP contribution in [0.4, 0.5) is 18.9 Å². The van der Waals surface area contributed by atoms with Crippen LogP contribution in [0.3, 0.4) is 0 Å². The van der Waals surface area contributed by atoms with Gasteiger partial charge in [0.1, 0.15) is 16.9 Å². The fourth-order valence-corrected chi connectivity index (χ4v) is 3.36. The molecule has 3 aromatic heterocycles. The van der Waals surface area contributed by atoms with Gasteiger partial charge < -0.3 is 15.0 Å². The van der Waals surface area contributed by atoms with Gasteiger partial charge in [0.05, 0.1) is 12.7 Å². The standard InChI is InChI=1S/C21H16F3N5O3/c1-11-14(18(30)27-13-9-6-10-25-19(13)32-2)20(31)29-17(26-11)15(12-7-4-3-5-8-12)16(28-29)21(22,23)24/h3-10,26H,1-2H3,(H,27,30). The van der Waals surface area contributed by atoms with Gasteiger partial charge in [-0.25, -0.2) is 4.98 Å². The van der Waals surface area contributed by atoms with Crippen molar-refractivity contribution in [1.29, 1.82) is 0 Å². The molecule has 4 rings (SSSR count). The lowest BCUT2D eigenvalue weighted by molar-refractivity contribution is -0.140. The Kier molecular flexibility index (Phi) is 5.17. The maximum absolute atomic E-state index is 13.7. The molecule has 1 aromatic carbocycles. The van der Waals surface area contributed by atoms with Gasteiger partial charge >= 0.3 is 6.18 Å². The summed E-state index contributed by atoms with van der Waals surface area (Å²) in [4.78, 5) is 32.6. The van der Waals surface area contributed by atoms with Crippen LogP contribution in [0.2, 0.25) is 0 Å². The lowest BCUT2D eigenvalue weighted by atomic mass is 10.1. The number of carbonyl (C=O) groups excluding carboxylic acids is 1. The minimum absolute atomic E-state index is 0.0775. The van der Waals surface area contributed by atoms with Crippen LogP contribution in [-0.2, 0) is 6.18 Å². The van der Waals surface area contributed by atoms with Gasteiger partial charge in [-0.3, -0.25) is 9.59 Å². The van der Waals surface area contributed by atoms with Crippen molar-refractivity contribution in [3.63, 3.8) is 0 Å². The number of rotatable bonds is 4. The summed E-state index contributed by atoms with van der Waals surface area (Å²) in [5, 5.41) is 6.01. The van der Waals surface area contributed by atoms with Crippen LogP contribution < -0.4 is 15.6 Å². The van der Waals surface area contributed by atoms with E-state index in [2.05, 4.69) is 20.4 Å². The van der Waals surface area contributed by atoms with E-state index in [1.54, 1.807) is 24.3 Å². The SMILES string of the molecule is COc1ncccc1NC(=O)c1c(C)[nH]c2c(-c3ccccc3)c(C(F)(F)F)nn2c1=O. The molecule has 0 aliphatic heterocycles. The molecule has 2 N–H and O–H groups in total. The molecule has 0 bridgehead atoms. The molecule has 0 aliphatic carbocycles. The van der Waals surface area contributed by atoms with Crippen LogP contribution >= 0.6 is 0 Å². The van der Waals surface area contributed by atoms with E-state index < -0.39 is 23.3 Å². The van der Waals surface area contributed by atoms with Gasteiger partial charge in [0, 0.05) is 11.9 Å². The summed E-state index contributed by atoms with van der Waals surface area (Å²) < 4.78 is 46.9. The Labute approximate surface area is 178 Å². The van der Waals surface area contributed by atoms with E-state index in [1.807, 2.05) is 0 Å². The van der Waals surface area contributed by atoms with Crippen molar-refractivity contribution < 1.29 is 22.7 Å². The van der Waals surface area contributed by atoms with Crippen molar-refractivity contribution in [3.05, 3.63) is 76.0 Å². The number of carbonyl (C=O) groups is 1. The molecular formula is C21H16F3N5O3. The fraction of sp³-hybridized carbons (Fsp3) is 0.143. The van der Waals surface area contributed by atoms with E-state index in [9.17, 15) is 22.8 Å². The summed E-state index contributed by atoms with van der Waals surface area (Å²) in [5.41, 5.74) is -2.57. The third kappa shape index (κ3) is 3.57. The maximum Gasteiger partial charge on any atom is 0.435 e. The highest BCUT2D eigenvalue weighted by atomic mass is 19.4. The third-order valence-corrected chi connectivity index (χ3v) is 4.74. The van der Waals surface area contributed by atoms with Crippen LogP contribution in [-0.4, -0.2) is 32.6 Å². The average molecular weight is 443 g/mol. The number of hydrogen-bond acceptors (Lipinski definition) is 5. The number of H-pyrrole nitrogens is 1. The van der Waals surface area contributed by atoms with E-state index in [0.717, 1.165) is 0 Å². The Morgan fingerprint density at radius 2 is 1.88 bits per heavy atom. The first-order chi connectivity index (χ1) is 15.2. The molecule has 1 amide bonds. The van der Waals surface area contributed by atoms with E-state index >= 15 is 0 Å². The minimum atomic E-state index is -4.82. The molecule has 0 spiro atoms. The Morgan fingerprint density at radius 1 is 1.16 bits per heavy atom. The number of methoxy groups -OCH3 is 1. The molecule has 4 aromatic rings. The van der Waals surface area contributed by atoms with E-state index in [0.29, 0.717) is 4.52 Å². The molecule has 164 valence electrons. The summed E-state index contributed by atoms with van der Waals surface area (Å²) in [6.07, 6.45) is -3.37. The van der Waals surface area contributed by atoms with Gasteiger partial charge in [0.15, 0.2) is 5.69 Å². The topological polar surface area (TPSA) is 101 Å². The molecule has 0 saturated heterocycles. The predicted molar refractivity (Wildman–Crippen MR) is 110 cm³/mol. The predicted octanol–water partition coefficient (Wildman–Crippen LogP) is 3.67. The number of benzene rings is 1. The van der Waals surface area contributed by atoms with E-state index in [1.165, 1.54) is 38.4 Å². The van der Waals surface area contributed by atoms with Gasteiger partial charge in [-0.2, -0.15) is 22.8 Å². The first-order valence-corrected chi connectivity index (χ1v) is 9.31. The average Bonchev–Trinajstić information content (AvgIpc) is 3.15. The number of ether oxygens (including phenoxy) is 1. The second kappa shape index (κ2) is 7.84. The second-order valence-electron chi connectivity index (χ2n) is 6.79. The van der Waals surface area contributed by atoms with Crippen molar-refractivity contribution in [2.75, 3.05) is 12.4 Å². The van der Waals surface area contributed by atoms with E-state index in [-0.39, 0.29) is 39.6 Å². The van der Waals surface area contributed by atoms with Crippen molar-refractivity contribution >= 4 is 17.2 Å². The molecule has 0 saturated carbocycles. The van der Waals surface area contributed by atoms with Gasteiger partial charge in [0.2, 0.25) is 5.88 Å². The third-order valence-electron chi connectivity index (χ3n) is 4.74. The number of anilines is 1. The largest absolute Gasteiger partial charge is 0.480 e. The number of pyridine rings is 1. The molecule has 3 heterocycles. The quantitative estimate of drug-likeness (QED) is 0.501. The highest BCUT2D eigenvalue weighted by molar-refractivity contribution is 6.05. The molecule has 11 heteroatoms. The van der Waals surface area contributed by atoms with Crippen LogP contribution in [0.1, 0.15) is 21.7 Å². The van der Waals surface area contributed by atoms with Gasteiger partial charge in [-0.1, -0.05) is 30.3 Å². The van der Waals surface area contributed by atoms with Crippen LogP contribution in [0, 0.1) is 6.92 Å². The normalized spacial score (nSPS) is 11.5. The zero-order chi connectivity index (χ0) is 23.0. The second-order valence-corrected chi connectivity index (χ2v) is 6.79. The first-order valence-electron chi connectivity index (χ1n) is 9.31. The highest BCUT2D eigenvalue weighted by Gasteiger charge is 2.39. The molecule has 0 atom stereocenters. The Bertz CT molecular complexity index is 1380. The summed E-state index contributed by atoms with van der Waals surface area (Å²) in [5.74, 6) is -0.733. The van der Waals surface area contributed by atoms with Crippen molar-refractivity contribution in [2.45, 2.75) is 13.1 Å². The lowest BCUT2D eigenvalue weighted by Crippen LogP contribution is -2.29. The molecule has 0 aliphatic rings. The number of nitrogens with zero attached hydrogens (tertiary/aromatic N) is 3. The van der Waals surface area contributed by atoms with Crippen LogP contribution in [0.15, 0.2) is 53.5 Å². The monoisotopic (exact) mass is 443 g/mol. The van der Waals surface area contributed by atoms with Gasteiger partial charge in [-0.15, -0.1) is 0 Å². The molecular weight excluding hydrogens is 427 g/mol. The molecule has 0 fully saturated rings. The number of alkyl halides is 3. The number of fused-ring (bicyclic) bond motifs is 1. The van der Waals surface area contributed by atoms with Crippen LogP contribution in [0.5, 0.6) is 5.88 Å². The zero-order valence-electron chi connectivity index (χ0n) is 16.8. The van der Waals surface area contributed by atoms with Crippen molar-refractivity contribution in [2.24, 2.45) is 0 Å². The zero-order valence-corrected chi connectivity index (χ0v) is 16.8. The number of nitrogens with one attached hydrogen (secondary N) is 2. The molecule has 32 heavy (non-hydrogen) atoms. The minimum Gasteiger partial charge on any atom is -0.480 e. The number of halogens is 3. The fourth-order valence-electron chi connectivity index (χ4n) is 3.36. The number of hydrogen-bond donors (Lipinski definition) is 2. The maximum atomic E-state index is 13.7. The van der Waals surface area contributed by atoms with Crippen molar-refractivity contribution in [1.82, 2.24) is 19.6 Å². The smallest absolute Gasteiger partial charge is 0.435 e. The summed E-state index contributed by atoms with van der Waals surface area (Å²) in [7, 11) is 1.36. The summed E-state index contributed by atoms with van der Waals surface area (Å²) in [6.45, 7) is 1.42. The number of aryl methyl sites for hydroxylation is 1. The lowest BCUT2D eigenvalue weighted by Gasteiger charge is -2.10. The van der Waals surface area contributed by atoms with Crippen LogP contribution in [0.25, 0.3) is 16.8 Å². The highest BCUT2D eigenvalue weighted by Crippen LogP contribution is 2.38. The first kappa shape index (κ1) is 21.1. The van der Waals surface area contributed by atoms with Gasteiger partial charge in [0.25, 0.3) is 11.5 Å². The molecule has 0 radical (unpaired) electrons. The van der Waals surface area contributed by atoms with Gasteiger partial charge in [-0.05, 0) is 24.6 Å². The Morgan fingerprint density at radius 3 is 2.53 bits per heavy atom. The van der Waals surface area contributed by atoms with E-state index in [4.69, 9.17) is 4.74 Å². The number of amides is 1. The summed E-state index contributed by atoms with van der Waals surface area (Å²) >= 11 is 0. The Hall–Kier alpha value is -4.15. The van der Waals surface area contributed by atoms with Crippen molar-refractivity contribution in [3.8, 4) is 17.0 Å². The molecule has 8 nitrogen and oxygen atoms in total.